The van der Waals surface area contributed by atoms with E-state index in [1.807, 2.05) is 0 Å². The van der Waals surface area contributed by atoms with Crippen molar-refractivity contribution in [1.82, 2.24) is 9.55 Å². The fraction of sp³-hybridized carbons (Fsp3) is 0.0370. The Morgan fingerprint density at radius 2 is 0.965 bits per heavy atom. The molecule has 0 saturated carbocycles. The number of aromatic amines is 1. The highest BCUT2D eigenvalue weighted by atomic mass is 15.1. The second-order valence-electron chi connectivity index (χ2n) is 15.0. The standard InChI is InChI=1S/C54H39N3/c1-3-11-37(12-4-1)39-19-27-43(28-20-39)56(44-29-21-40(22-30-44)38-13-5-2-6-14-38)45-31-23-41(24-32-45)42-25-33-46(34-26-42)57-53-18-10-8-16-48(53)50-35-49-47-15-7-9-17-51(47)55-52(49)36-54(50)57/h1,3-5,7-36,55H,2,6H2. The minimum absolute atomic E-state index is 1.09. The van der Waals surface area contributed by atoms with Crippen LogP contribution in [-0.2, 0) is 0 Å². The number of hydrogen-bond acceptors (Lipinski definition) is 1. The molecule has 2 aromatic heterocycles. The Kier molecular flexibility index (Phi) is 7.96. The number of anilines is 3. The number of aromatic nitrogens is 2. The average molecular weight is 730 g/mol. The van der Waals surface area contributed by atoms with Crippen LogP contribution >= 0.6 is 0 Å². The summed E-state index contributed by atoms with van der Waals surface area (Å²) in [5, 5.41) is 5.04. The summed E-state index contributed by atoms with van der Waals surface area (Å²) in [7, 11) is 0. The maximum atomic E-state index is 3.66. The molecule has 0 aliphatic heterocycles. The maximum absolute atomic E-state index is 3.66. The zero-order chi connectivity index (χ0) is 37.7. The lowest BCUT2D eigenvalue weighted by molar-refractivity contribution is 1.04. The van der Waals surface area contributed by atoms with Gasteiger partial charge in [-0.15, -0.1) is 0 Å². The van der Waals surface area contributed by atoms with Gasteiger partial charge in [-0.3, -0.25) is 0 Å². The Labute approximate surface area is 332 Å². The van der Waals surface area contributed by atoms with Crippen LogP contribution in [0.25, 0.3) is 77.1 Å². The van der Waals surface area contributed by atoms with Crippen LogP contribution in [0.1, 0.15) is 18.4 Å². The minimum atomic E-state index is 1.09. The second-order valence-corrected chi connectivity index (χ2v) is 15.0. The van der Waals surface area contributed by atoms with Gasteiger partial charge in [0.05, 0.1) is 11.0 Å². The molecule has 0 amide bonds. The van der Waals surface area contributed by atoms with Gasteiger partial charge in [-0.05, 0) is 119 Å². The first kappa shape index (κ1) is 33.0. The predicted octanol–water partition coefficient (Wildman–Crippen LogP) is 15.0. The van der Waals surface area contributed by atoms with Crippen molar-refractivity contribution in [3.8, 4) is 27.9 Å². The summed E-state index contributed by atoms with van der Waals surface area (Å²) in [6.45, 7) is 0. The molecule has 11 rings (SSSR count). The van der Waals surface area contributed by atoms with E-state index in [1.165, 1.54) is 71.5 Å². The third-order valence-electron chi connectivity index (χ3n) is 11.6. The molecule has 3 nitrogen and oxygen atoms in total. The largest absolute Gasteiger partial charge is 0.354 e. The molecule has 3 heteroatoms. The summed E-state index contributed by atoms with van der Waals surface area (Å²) in [6, 6.07) is 68.4. The van der Waals surface area contributed by atoms with E-state index in [2.05, 4.69) is 221 Å². The third-order valence-corrected chi connectivity index (χ3v) is 11.6. The Morgan fingerprint density at radius 1 is 0.404 bits per heavy atom. The van der Waals surface area contributed by atoms with E-state index >= 15 is 0 Å². The molecule has 2 heterocycles. The van der Waals surface area contributed by atoms with Gasteiger partial charge in [-0.1, -0.05) is 133 Å². The van der Waals surface area contributed by atoms with Crippen LogP contribution in [0.15, 0.2) is 206 Å². The fourth-order valence-electron chi connectivity index (χ4n) is 8.71. The number of allylic oxidation sites excluding steroid dienone is 4. The number of fused-ring (bicyclic) bond motifs is 6. The second kappa shape index (κ2) is 13.7. The Morgan fingerprint density at radius 3 is 1.61 bits per heavy atom. The van der Waals surface area contributed by atoms with Gasteiger partial charge < -0.3 is 14.5 Å². The minimum Gasteiger partial charge on any atom is -0.354 e. The van der Waals surface area contributed by atoms with Crippen LogP contribution in [0.5, 0.6) is 0 Å². The number of H-pyrrole nitrogens is 1. The van der Waals surface area contributed by atoms with Crippen molar-refractivity contribution >= 4 is 66.2 Å². The highest BCUT2D eigenvalue weighted by Gasteiger charge is 2.17. The summed E-state index contributed by atoms with van der Waals surface area (Å²) in [5.41, 5.74) is 16.6. The van der Waals surface area contributed by atoms with Gasteiger partial charge in [-0.2, -0.15) is 0 Å². The summed E-state index contributed by atoms with van der Waals surface area (Å²) in [6.07, 6.45) is 9.06. The highest BCUT2D eigenvalue weighted by Crippen LogP contribution is 2.40. The van der Waals surface area contributed by atoms with E-state index in [1.54, 1.807) is 0 Å². The molecule has 10 aromatic rings. The van der Waals surface area contributed by atoms with Crippen LogP contribution < -0.4 is 4.90 Å². The van der Waals surface area contributed by atoms with Crippen molar-refractivity contribution in [2.45, 2.75) is 12.8 Å². The Balaban J connectivity index is 0.941. The van der Waals surface area contributed by atoms with Crippen LogP contribution in [-0.4, -0.2) is 9.55 Å². The van der Waals surface area contributed by atoms with Gasteiger partial charge in [0.2, 0.25) is 0 Å². The summed E-state index contributed by atoms with van der Waals surface area (Å²) >= 11 is 0. The molecule has 0 radical (unpaired) electrons. The molecule has 1 aliphatic rings. The number of hydrogen-bond donors (Lipinski definition) is 1. The van der Waals surface area contributed by atoms with E-state index in [4.69, 9.17) is 0 Å². The zero-order valence-electron chi connectivity index (χ0n) is 31.4. The first-order valence-corrected chi connectivity index (χ1v) is 19.8. The van der Waals surface area contributed by atoms with E-state index in [0.717, 1.165) is 41.1 Å². The quantitative estimate of drug-likeness (QED) is 0.173. The van der Waals surface area contributed by atoms with Crippen molar-refractivity contribution in [2.24, 2.45) is 0 Å². The van der Waals surface area contributed by atoms with E-state index in [-0.39, 0.29) is 0 Å². The first-order valence-electron chi connectivity index (χ1n) is 19.8. The number of benzene rings is 8. The monoisotopic (exact) mass is 729 g/mol. The fourth-order valence-corrected chi connectivity index (χ4v) is 8.71. The average Bonchev–Trinajstić information content (AvgIpc) is 3.82. The molecule has 0 atom stereocenters. The maximum Gasteiger partial charge on any atom is 0.0562 e. The predicted molar refractivity (Wildman–Crippen MR) is 242 cm³/mol. The van der Waals surface area contributed by atoms with Gasteiger partial charge in [0.1, 0.15) is 0 Å². The SMILES string of the molecule is C1=CC(c2ccc(N(c3ccc(-c4ccccc4)cc3)c3ccc(-c4ccc(-n5c6ccccc6c6cc7c(cc65)[nH]c5ccccc57)cc4)cc3)cc2)=CCC1. The van der Waals surface area contributed by atoms with E-state index < -0.39 is 0 Å². The smallest absolute Gasteiger partial charge is 0.0562 e. The van der Waals surface area contributed by atoms with Crippen molar-refractivity contribution in [2.75, 3.05) is 4.90 Å². The molecule has 57 heavy (non-hydrogen) atoms. The summed E-state index contributed by atoms with van der Waals surface area (Å²) in [5.74, 6) is 0. The molecule has 0 fully saturated rings. The van der Waals surface area contributed by atoms with Gasteiger partial charge in [0.15, 0.2) is 0 Å². The Hall–Kier alpha value is -7.36. The summed E-state index contributed by atoms with van der Waals surface area (Å²) < 4.78 is 2.40. The number of rotatable bonds is 7. The number of nitrogens with one attached hydrogen (secondary N) is 1. The van der Waals surface area contributed by atoms with Crippen LogP contribution in [0.2, 0.25) is 0 Å². The van der Waals surface area contributed by atoms with Gasteiger partial charge >= 0.3 is 0 Å². The summed E-state index contributed by atoms with van der Waals surface area (Å²) in [4.78, 5) is 6.01. The topological polar surface area (TPSA) is 24.0 Å². The normalized spacial score (nSPS) is 12.8. The van der Waals surface area contributed by atoms with Crippen LogP contribution in [0.4, 0.5) is 17.1 Å². The van der Waals surface area contributed by atoms with Gasteiger partial charge in [0, 0.05) is 55.3 Å². The highest BCUT2D eigenvalue weighted by molar-refractivity contribution is 6.18. The first-order chi connectivity index (χ1) is 28.2. The molecular formula is C54H39N3. The van der Waals surface area contributed by atoms with E-state index in [9.17, 15) is 0 Å². The molecule has 0 saturated heterocycles. The molecule has 1 N–H and O–H groups in total. The molecular weight excluding hydrogens is 691 g/mol. The molecule has 8 aromatic carbocycles. The van der Waals surface area contributed by atoms with Gasteiger partial charge in [0.25, 0.3) is 0 Å². The lowest BCUT2D eigenvalue weighted by Gasteiger charge is -2.26. The lowest BCUT2D eigenvalue weighted by Crippen LogP contribution is -2.10. The van der Waals surface area contributed by atoms with Gasteiger partial charge in [-0.25, -0.2) is 0 Å². The molecule has 270 valence electrons. The van der Waals surface area contributed by atoms with E-state index in [0.29, 0.717) is 0 Å². The van der Waals surface area contributed by atoms with Crippen molar-refractivity contribution in [3.05, 3.63) is 212 Å². The third kappa shape index (κ3) is 5.84. The van der Waals surface area contributed by atoms with Crippen molar-refractivity contribution in [3.63, 3.8) is 0 Å². The lowest BCUT2D eigenvalue weighted by atomic mass is 9.99. The molecule has 0 unspecified atom stereocenters. The van der Waals surface area contributed by atoms with Crippen LogP contribution in [0.3, 0.4) is 0 Å². The van der Waals surface area contributed by atoms with Crippen LogP contribution in [0, 0.1) is 0 Å². The molecule has 1 aliphatic carbocycles. The zero-order valence-corrected chi connectivity index (χ0v) is 31.4. The van der Waals surface area contributed by atoms with Crippen molar-refractivity contribution in [1.29, 1.82) is 0 Å². The number of nitrogens with zero attached hydrogens (tertiary/aromatic N) is 2. The molecule has 0 bridgehead atoms. The number of para-hydroxylation sites is 2. The Bertz CT molecular complexity index is 3120. The molecule has 0 spiro atoms. The van der Waals surface area contributed by atoms with Crippen molar-refractivity contribution < 1.29 is 0 Å².